The predicted molar refractivity (Wildman–Crippen MR) is 103 cm³/mol. The molecule has 0 saturated heterocycles. The molecular formula is C21H15F6N3O3. The van der Waals surface area contributed by atoms with Gasteiger partial charge >= 0.3 is 18.3 Å². The summed E-state index contributed by atoms with van der Waals surface area (Å²) in [7, 11) is 0. The lowest BCUT2D eigenvalue weighted by atomic mass is 10.0. The Morgan fingerprint density at radius 1 is 1.03 bits per heavy atom. The average molecular weight is 471 g/mol. The molecule has 1 aromatic heterocycles. The smallest absolute Gasteiger partial charge is 0.416 e. The predicted octanol–water partition coefficient (Wildman–Crippen LogP) is 5.64. The number of halogens is 6. The Morgan fingerprint density at radius 3 is 2.30 bits per heavy atom. The summed E-state index contributed by atoms with van der Waals surface area (Å²) in [4.78, 5) is 14.8. The molecule has 12 heteroatoms. The van der Waals surface area contributed by atoms with Gasteiger partial charge in [-0.15, -0.1) is 0 Å². The zero-order valence-corrected chi connectivity index (χ0v) is 16.6. The molecule has 174 valence electrons. The number of fused-ring (bicyclic) bond motifs is 1. The van der Waals surface area contributed by atoms with Crippen LogP contribution in [0.15, 0.2) is 40.9 Å². The molecule has 0 fully saturated rings. The van der Waals surface area contributed by atoms with Crippen LogP contribution in [0.25, 0.3) is 22.8 Å². The SMILES string of the molecule is O=C(O)CCC1Cc2cc(-c3noc(-c4cc(C(F)(F)F)cc(C(F)(F)F)c4)n3)ccc2N1. The van der Waals surface area contributed by atoms with Gasteiger partial charge in [0, 0.05) is 29.3 Å². The zero-order valence-electron chi connectivity index (χ0n) is 16.6. The van der Waals surface area contributed by atoms with Crippen LogP contribution in [0.4, 0.5) is 32.0 Å². The molecule has 0 amide bonds. The largest absolute Gasteiger partial charge is 0.481 e. The van der Waals surface area contributed by atoms with Gasteiger partial charge in [-0.1, -0.05) is 5.16 Å². The number of aromatic nitrogens is 2. The van der Waals surface area contributed by atoms with Gasteiger partial charge in [-0.2, -0.15) is 31.3 Å². The molecule has 4 rings (SSSR count). The van der Waals surface area contributed by atoms with Gasteiger partial charge in [0.1, 0.15) is 0 Å². The molecule has 2 N–H and O–H groups in total. The highest BCUT2D eigenvalue weighted by Gasteiger charge is 2.37. The molecule has 3 aromatic rings. The molecular weight excluding hydrogens is 456 g/mol. The molecule has 0 spiro atoms. The topological polar surface area (TPSA) is 88.2 Å². The lowest BCUT2D eigenvalue weighted by Crippen LogP contribution is -2.16. The van der Waals surface area contributed by atoms with Gasteiger partial charge in [0.2, 0.25) is 5.82 Å². The molecule has 1 unspecified atom stereocenters. The maximum absolute atomic E-state index is 13.1. The number of carboxylic acid groups (broad SMARTS) is 1. The minimum atomic E-state index is -5.00. The number of nitrogens with one attached hydrogen (secondary N) is 1. The van der Waals surface area contributed by atoms with Crippen LogP contribution in [0, 0.1) is 0 Å². The standard InChI is InChI=1S/C21H15F6N3O3/c22-20(23,24)13-6-12(7-14(9-13)21(25,26)27)19-29-18(30-33-19)10-1-3-16-11(5-10)8-15(28-16)2-4-17(31)32/h1,3,5-7,9,15,28H,2,4,8H2,(H,31,32). The van der Waals surface area contributed by atoms with E-state index in [1.807, 2.05) is 0 Å². The monoisotopic (exact) mass is 471 g/mol. The number of carboxylic acids is 1. The summed E-state index contributed by atoms with van der Waals surface area (Å²) in [6.07, 6.45) is -9.03. The number of rotatable bonds is 5. The summed E-state index contributed by atoms with van der Waals surface area (Å²) in [6.45, 7) is 0. The molecule has 0 bridgehead atoms. The Bertz CT molecular complexity index is 1170. The van der Waals surface area contributed by atoms with Crippen LogP contribution >= 0.6 is 0 Å². The third-order valence-electron chi connectivity index (χ3n) is 5.16. The van der Waals surface area contributed by atoms with E-state index in [2.05, 4.69) is 15.5 Å². The van der Waals surface area contributed by atoms with E-state index in [1.165, 1.54) is 0 Å². The molecule has 1 aliphatic heterocycles. The molecule has 1 atom stereocenters. The number of nitrogens with zero attached hydrogens (tertiary/aromatic N) is 2. The summed E-state index contributed by atoms with van der Waals surface area (Å²) in [6, 6.07) is 6.04. The molecule has 33 heavy (non-hydrogen) atoms. The number of benzene rings is 2. The first-order valence-electron chi connectivity index (χ1n) is 9.65. The van der Waals surface area contributed by atoms with Gasteiger partial charge in [-0.3, -0.25) is 4.79 Å². The lowest BCUT2D eigenvalue weighted by molar-refractivity contribution is -0.143. The Labute approximate surface area is 182 Å². The van der Waals surface area contributed by atoms with Crippen molar-refractivity contribution in [3.05, 3.63) is 53.1 Å². The van der Waals surface area contributed by atoms with Crippen LogP contribution in [-0.4, -0.2) is 27.3 Å². The van der Waals surface area contributed by atoms with Crippen LogP contribution < -0.4 is 5.32 Å². The van der Waals surface area contributed by atoms with Crippen molar-refractivity contribution in [3.8, 4) is 22.8 Å². The Balaban J connectivity index is 1.62. The third kappa shape index (κ3) is 4.94. The highest BCUT2D eigenvalue weighted by molar-refractivity contribution is 5.69. The van der Waals surface area contributed by atoms with Crippen molar-refractivity contribution in [1.29, 1.82) is 0 Å². The van der Waals surface area contributed by atoms with Gasteiger partial charge in [0.15, 0.2) is 0 Å². The second kappa shape index (κ2) is 8.09. The van der Waals surface area contributed by atoms with E-state index in [4.69, 9.17) is 9.63 Å². The van der Waals surface area contributed by atoms with Gasteiger partial charge < -0.3 is 14.9 Å². The van der Waals surface area contributed by atoms with Crippen molar-refractivity contribution in [2.24, 2.45) is 0 Å². The van der Waals surface area contributed by atoms with Crippen molar-refractivity contribution in [2.45, 2.75) is 37.7 Å². The number of alkyl halides is 6. The van der Waals surface area contributed by atoms with Crippen molar-refractivity contribution < 1.29 is 40.8 Å². The number of hydrogen-bond donors (Lipinski definition) is 2. The van der Waals surface area contributed by atoms with E-state index in [0.29, 0.717) is 30.5 Å². The Morgan fingerprint density at radius 2 is 1.70 bits per heavy atom. The Hall–Kier alpha value is -3.57. The quantitative estimate of drug-likeness (QED) is 0.468. The highest BCUT2D eigenvalue weighted by Crippen LogP contribution is 2.39. The maximum Gasteiger partial charge on any atom is 0.416 e. The first kappa shape index (κ1) is 22.6. The second-order valence-corrected chi connectivity index (χ2v) is 7.57. The molecule has 1 aliphatic rings. The van der Waals surface area contributed by atoms with Crippen LogP contribution in [0.5, 0.6) is 0 Å². The van der Waals surface area contributed by atoms with E-state index in [-0.39, 0.29) is 24.4 Å². The van der Waals surface area contributed by atoms with Crippen molar-refractivity contribution >= 4 is 11.7 Å². The van der Waals surface area contributed by atoms with E-state index in [9.17, 15) is 31.1 Å². The van der Waals surface area contributed by atoms with Crippen molar-refractivity contribution in [2.75, 3.05) is 5.32 Å². The Kier molecular flexibility index (Phi) is 5.54. The lowest BCUT2D eigenvalue weighted by Gasteiger charge is -2.12. The van der Waals surface area contributed by atoms with E-state index in [1.54, 1.807) is 18.2 Å². The van der Waals surface area contributed by atoms with Gasteiger partial charge in [-0.05, 0) is 54.8 Å². The fraction of sp³-hybridized carbons (Fsp3) is 0.286. The first-order valence-corrected chi connectivity index (χ1v) is 9.65. The summed E-state index contributed by atoms with van der Waals surface area (Å²) >= 11 is 0. The van der Waals surface area contributed by atoms with Crippen LogP contribution in [-0.2, 0) is 23.6 Å². The van der Waals surface area contributed by atoms with Crippen molar-refractivity contribution in [3.63, 3.8) is 0 Å². The van der Waals surface area contributed by atoms with Gasteiger partial charge in [-0.25, -0.2) is 0 Å². The molecule has 0 saturated carbocycles. The number of hydrogen-bond acceptors (Lipinski definition) is 5. The molecule has 0 aliphatic carbocycles. The van der Waals surface area contributed by atoms with Crippen LogP contribution in [0.2, 0.25) is 0 Å². The van der Waals surface area contributed by atoms with Crippen LogP contribution in [0.3, 0.4) is 0 Å². The summed E-state index contributed by atoms with van der Waals surface area (Å²) in [5, 5.41) is 15.7. The number of carbonyl (C=O) groups is 1. The van der Waals surface area contributed by atoms with Crippen molar-refractivity contribution in [1.82, 2.24) is 10.1 Å². The third-order valence-corrected chi connectivity index (χ3v) is 5.16. The van der Waals surface area contributed by atoms with Gasteiger partial charge in [0.05, 0.1) is 11.1 Å². The normalized spacial score (nSPS) is 15.9. The molecule has 0 radical (unpaired) electrons. The number of anilines is 1. The minimum Gasteiger partial charge on any atom is -0.481 e. The second-order valence-electron chi connectivity index (χ2n) is 7.57. The first-order chi connectivity index (χ1) is 15.4. The van der Waals surface area contributed by atoms with Crippen LogP contribution in [0.1, 0.15) is 29.5 Å². The zero-order chi connectivity index (χ0) is 24.0. The summed E-state index contributed by atoms with van der Waals surface area (Å²) in [5.41, 5.74) is -1.37. The highest BCUT2D eigenvalue weighted by atomic mass is 19.4. The van der Waals surface area contributed by atoms with E-state index < -0.39 is 40.9 Å². The summed E-state index contributed by atoms with van der Waals surface area (Å²) < 4.78 is 83.6. The molecule has 6 nitrogen and oxygen atoms in total. The fourth-order valence-corrected chi connectivity index (χ4v) is 3.59. The molecule has 2 aromatic carbocycles. The van der Waals surface area contributed by atoms with E-state index in [0.717, 1.165) is 11.3 Å². The summed E-state index contributed by atoms with van der Waals surface area (Å²) in [5.74, 6) is -1.40. The van der Waals surface area contributed by atoms with Gasteiger partial charge in [0.25, 0.3) is 5.89 Å². The molecule has 2 heterocycles. The average Bonchev–Trinajstić information content (AvgIpc) is 3.37. The fourth-order valence-electron chi connectivity index (χ4n) is 3.59. The number of aliphatic carboxylic acids is 1. The van der Waals surface area contributed by atoms with E-state index >= 15 is 0 Å². The maximum atomic E-state index is 13.1. The minimum absolute atomic E-state index is 0.00359.